The number of sulfone groups is 1. The molecular weight excluding hydrogens is 250 g/mol. The highest BCUT2D eigenvalue weighted by molar-refractivity contribution is 7.92. The van der Waals surface area contributed by atoms with E-state index in [2.05, 4.69) is 4.98 Å². The molecule has 0 unspecified atom stereocenters. The Labute approximate surface area is 106 Å². The van der Waals surface area contributed by atoms with Crippen LogP contribution in [0.2, 0.25) is 0 Å². The summed E-state index contributed by atoms with van der Waals surface area (Å²) >= 11 is 0. The predicted octanol–water partition coefficient (Wildman–Crippen LogP) is 2.02. The van der Waals surface area contributed by atoms with E-state index in [0.717, 1.165) is 5.39 Å². The fourth-order valence-electron chi connectivity index (χ4n) is 1.85. The fourth-order valence-corrected chi connectivity index (χ4v) is 3.16. The number of rotatable bonds is 2. The van der Waals surface area contributed by atoms with Gasteiger partial charge in [0.15, 0.2) is 9.84 Å². The molecule has 96 valence electrons. The number of benzene rings is 1. The predicted molar refractivity (Wildman–Crippen MR) is 71.6 cm³/mol. The van der Waals surface area contributed by atoms with Crippen LogP contribution < -0.4 is 5.56 Å². The highest BCUT2D eigenvalue weighted by atomic mass is 32.2. The highest BCUT2D eigenvalue weighted by Crippen LogP contribution is 2.24. The third kappa shape index (κ3) is 2.06. The monoisotopic (exact) mass is 265 g/mol. The zero-order chi connectivity index (χ0) is 13.5. The van der Waals surface area contributed by atoms with Crippen molar-refractivity contribution in [3.63, 3.8) is 0 Å². The molecule has 0 saturated heterocycles. The third-order valence-corrected chi connectivity index (χ3v) is 5.24. The lowest BCUT2D eigenvalue weighted by molar-refractivity contribution is 0.587. The van der Waals surface area contributed by atoms with Crippen LogP contribution in [0.3, 0.4) is 0 Å². The maximum Gasteiger partial charge on any atom is 0.248 e. The van der Waals surface area contributed by atoms with Crippen LogP contribution in [-0.2, 0) is 9.84 Å². The van der Waals surface area contributed by atoms with E-state index < -0.39 is 15.1 Å². The number of H-pyrrole nitrogens is 1. The minimum Gasteiger partial charge on any atom is -0.322 e. The van der Waals surface area contributed by atoms with Gasteiger partial charge in [-0.25, -0.2) is 8.42 Å². The third-order valence-electron chi connectivity index (χ3n) is 2.95. The van der Waals surface area contributed by atoms with Crippen molar-refractivity contribution in [2.24, 2.45) is 0 Å². The average molecular weight is 265 g/mol. The number of aryl methyl sites for hydroxylation is 1. The molecule has 0 radical (unpaired) electrons. The molecule has 5 heteroatoms. The summed E-state index contributed by atoms with van der Waals surface area (Å²) in [6.07, 6.45) is 0. The molecular formula is C13H15NO3S. The molecule has 0 bridgehead atoms. The Hall–Kier alpha value is -1.62. The van der Waals surface area contributed by atoms with E-state index in [-0.39, 0.29) is 5.56 Å². The molecule has 2 aromatic rings. The molecule has 1 aromatic heterocycles. The van der Waals surface area contributed by atoms with E-state index in [1.807, 2.05) is 0 Å². The summed E-state index contributed by atoms with van der Waals surface area (Å²) in [5, 5.41) is 0.260. The smallest absolute Gasteiger partial charge is 0.248 e. The lowest BCUT2D eigenvalue weighted by Gasteiger charge is -2.11. The van der Waals surface area contributed by atoms with Gasteiger partial charge in [-0.2, -0.15) is 0 Å². The second kappa shape index (κ2) is 4.24. The average Bonchev–Trinajstić information content (AvgIpc) is 2.27. The van der Waals surface area contributed by atoms with Gasteiger partial charge < -0.3 is 4.98 Å². The molecule has 0 fully saturated rings. The molecule has 1 aromatic carbocycles. The molecule has 1 heterocycles. The molecule has 0 spiro atoms. The minimum absolute atomic E-state index is 0.193. The Morgan fingerprint density at radius 1 is 1.17 bits per heavy atom. The molecule has 1 N–H and O–H groups in total. The number of hydrogen-bond donors (Lipinski definition) is 1. The van der Waals surface area contributed by atoms with E-state index in [0.29, 0.717) is 16.0 Å². The van der Waals surface area contributed by atoms with Crippen molar-refractivity contribution in [2.75, 3.05) is 0 Å². The van der Waals surface area contributed by atoms with Crippen LogP contribution in [0, 0.1) is 6.92 Å². The molecule has 0 saturated carbocycles. The van der Waals surface area contributed by atoms with Gasteiger partial charge in [-0.05, 0) is 49.9 Å². The number of fused-ring (bicyclic) bond motifs is 1. The second-order valence-electron chi connectivity index (χ2n) is 4.62. The van der Waals surface area contributed by atoms with Crippen molar-refractivity contribution >= 4 is 20.7 Å². The SMILES string of the molecule is Cc1cc2[nH]c(=O)ccc2cc1S(=O)(=O)C(C)C. The van der Waals surface area contributed by atoms with Crippen LogP contribution >= 0.6 is 0 Å². The molecule has 0 amide bonds. The van der Waals surface area contributed by atoms with Crippen molar-refractivity contribution in [3.05, 3.63) is 40.2 Å². The summed E-state index contributed by atoms with van der Waals surface area (Å²) in [5.41, 5.74) is 1.11. The summed E-state index contributed by atoms with van der Waals surface area (Å²) in [4.78, 5) is 14.2. The van der Waals surface area contributed by atoms with Crippen molar-refractivity contribution in [1.82, 2.24) is 4.98 Å². The number of nitrogens with one attached hydrogen (secondary N) is 1. The fraction of sp³-hybridized carbons (Fsp3) is 0.308. The summed E-state index contributed by atoms with van der Waals surface area (Å²) in [6.45, 7) is 5.05. The zero-order valence-corrected chi connectivity index (χ0v) is 11.3. The van der Waals surface area contributed by atoms with Crippen molar-refractivity contribution < 1.29 is 8.42 Å². The van der Waals surface area contributed by atoms with Crippen LogP contribution in [-0.4, -0.2) is 18.7 Å². The molecule has 0 aliphatic heterocycles. The van der Waals surface area contributed by atoms with Gasteiger partial charge in [-0.15, -0.1) is 0 Å². The largest absolute Gasteiger partial charge is 0.322 e. The first-order chi connectivity index (χ1) is 8.32. The second-order valence-corrected chi connectivity index (χ2v) is 7.09. The van der Waals surface area contributed by atoms with Gasteiger partial charge in [-0.1, -0.05) is 0 Å². The normalized spacial score (nSPS) is 12.2. The molecule has 0 aliphatic rings. The number of pyridine rings is 1. The zero-order valence-electron chi connectivity index (χ0n) is 10.5. The van der Waals surface area contributed by atoms with Crippen LogP contribution in [0.1, 0.15) is 19.4 Å². The van der Waals surface area contributed by atoms with E-state index in [1.54, 1.807) is 39.0 Å². The van der Waals surface area contributed by atoms with Crippen molar-refractivity contribution in [1.29, 1.82) is 0 Å². The van der Waals surface area contributed by atoms with Gasteiger partial charge in [0, 0.05) is 11.6 Å². The van der Waals surface area contributed by atoms with E-state index in [4.69, 9.17) is 0 Å². The van der Waals surface area contributed by atoms with E-state index in [1.165, 1.54) is 6.07 Å². The molecule has 2 rings (SSSR count). The Balaban J connectivity index is 2.79. The number of aromatic nitrogens is 1. The van der Waals surface area contributed by atoms with Crippen molar-refractivity contribution in [3.8, 4) is 0 Å². The van der Waals surface area contributed by atoms with Gasteiger partial charge in [0.1, 0.15) is 0 Å². The molecule has 0 aliphatic carbocycles. The molecule has 0 atom stereocenters. The number of aromatic amines is 1. The molecule has 18 heavy (non-hydrogen) atoms. The Kier molecular flexibility index (Phi) is 3.02. The Morgan fingerprint density at radius 2 is 1.83 bits per heavy atom. The maximum absolute atomic E-state index is 12.2. The summed E-state index contributed by atoms with van der Waals surface area (Å²) in [7, 11) is -3.30. The topological polar surface area (TPSA) is 67.0 Å². The van der Waals surface area contributed by atoms with Gasteiger partial charge in [0.25, 0.3) is 0 Å². The Morgan fingerprint density at radius 3 is 2.44 bits per heavy atom. The van der Waals surface area contributed by atoms with E-state index >= 15 is 0 Å². The van der Waals surface area contributed by atoms with E-state index in [9.17, 15) is 13.2 Å². The first-order valence-electron chi connectivity index (χ1n) is 5.70. The lowest BCUT2D eigenvalue weighted by atomic mass is 10.1. The first kappa shape index (κ1) is 12.8. The van der Waals surface area contributed by atoms with Crippen molar-refractivity contribution in [2.45, 2.75) is 30.9 Å². The molecule has 4 nitrogen and oxygen atoms in total. The minimum atomic E-state index is -3.30. The highest BCUT2D eigenvalue weighted by Gasteiger charge is 2.21. The van der Waals surface area contributed by atoms with Gasteiger partial charge in [-0.3, -0.25) is 4.79 Å². The quantitative estimate of drug-likeness (QED) is 0.903. The van der Waals surface area contributed by atoms with Gasteiger partial charge >= 0.3 is 0 Å². The van der Waals surface area contributed by atoms with Crippen LogP contribution in [0.4, 0.5) is 0 Å². The maximum atomic E-state index is 12.2. The van der Waals surface area contributed by atoms with Crippen LogP contribution in [0.5, 0.6) is 0 Å². The van der Waals surface area contributed by atoms with Crippen LogP contribution in [0.15, 0.2) is 34.0 Å². The lowest BCUT2D eigenvalue weighted by Crippen LogP contribution is -2.15. The summed E-state index contributed by atoms with van der Waals surface area (Å²) < 4.78 is 24.4. The standard InChI is InChI=1S/C13H15NO3S/c1-8(2)18(16,17)12-7-10-4-5-13(15)14-11(10)6-9(12)3/h4-8H,1-3H3,(H,14,15). The Bertz CT molecular complexity index is 757. The van der Waals surface area contributed by atoms with Crippen LogP contribution in [0.25, 0.3) is 10.9 Å². The number of hydrogen-bond acceptors (Lipinski definition) is 3. The first-order valence-corrected chi connectivity index (χ1v) is 7.24. The van der Waals surface area contributed by atoms with Gasteiger partial charge in [0.2, 0.25) is 5.56 Å². The summed E-state index contributed by atoms with van der Waals surface area (Å²) in [5.74, 6) is 0. The van der Waals surface area contributed by atoms with Gasteiger partial charge in [0.05, 0.1) is 10.1 Å². The summed E-state index contributed by atoms with van der Waals surface area (Å²) in [6, 6.07) is 6.35.